The molecular weight excluding hydrogens is 326 g/mol. The molecule has 0 bridgehead atoms. The molecule has 0 saturated carbocycles. The van der Waals surface area contributed by atoms with Gasteiger partial charge in [-0.25, -0.2) is 0 Å². The van der Waals surface area contributed by atoms with Crippen molar-refractivity contribution in [2.75, 3.05) is 0 Å². The van der Waals surface area contributed by atoms with Crippen molar-refractivity contribution in [3.8, 4) is 5.75 Å². The van der Waals surface area contributed by atoms with Crippen LogP contribution in [0.3, 0.4) is 0 Å². The lowest BCUT2D eigenvalue weighted by Gasteiger charge is -2.15. The minimum absolute atomic E-state index is 0.0224. The van der Waals surface area contributed by atoms with Crippen molar-refractivity contribution in [3.05, 3.63) is 70.3 Å². The molecule has 8 heteroatoms. The molecule has 0 aliphatic carbocycles. The predicted molar refractivity (Wildman–Crippen MR) is 89.6 cm³/mol. The van der Waals surface area contributed by atoms with Crippen LogP contribution < -0.4 is 15.6 Å². The molecule has 1 unspecified atom stereocenters. The number of ether oxygens (including phenoxy) is 1. The summed E-state index contributed by atoms with van der Waals surface area (Å²) in [5.74, 6) is -1.04. The van der Waals surface area contributed by atoms with Crippen LogP contribution >= 0.6 is 0 Å². The molecule has 2 N–H and O–H groups in total. The van der Waals surface area contributed by atoms with Gasteiger partial charge in [0.25, 0.3) is 5.91 Å². The first-order valence-corrected chi connectivity index (χ1v) is 7.50. The Balaban J connectivity index is 1.86. The lowest BCUT2D eigenvalue weighted by Crippen LogP contribution is -2.47. The van der Waals surface area contributed by atoms with Gasteiger partial charge in [-0.05, 0) is 18.6 Å². The Kier molecular flexibility index (Phi) is 6.05. The zero-order chi connectivity index (χ0) is 18.2. The number of nitro groups is 1. The van der Waals surface area contributed by atoms with Crippen molar-refractivity contribution in [2.24, 2.45) is 0 Å². The van der Waals surface area contributed by atoms with Crippen LogP contribution in [0.15, 0.2) is 54.6 Å². The second-order valence-electron chi connectivity index (χ2n) is 5.18. The molecule has 0 saturated heterocycles. The molecule has 2 rings (SSSR count). The number of amides is 2. The van der Waals surface area contributed by atoms with E-state index >= 15 is 0 Å². The van der Waals surface area contributed by atoms with Gasteiger partial charge in [0.05, 0.1) is 11.3 Å². The Bertz CT molecular complexity index is 764. The van der Waals surface area contributed by atoms with E-state index in [0.29, 0.717) is 0 Å². The molecule has 1 atom stereocenters. The van der Waals surface area contributed by atoms with Gasteiger partial charge < -0.3 is 4.74 Å². The summed E-state index contributed by atoms with van der Waals surface area (Å²) < 4.78 is 5.31. The summed E-state index contributed by atoms with van der Waals surface area (Å²) in [4.78, 5) is 34.1. The highest BCUT2D eigenvalue weighted by Gasteiger charge is 2.20. The minimum atomic E-state index is -1.03. The van der Waals surface area contributed by atoms with Crippen LogP contribution in [0.5, 0.6) is 5.75 Å². The molecule has 0 spiro atoms. The van der Waals surface area contributed by atoms with Crippen molar-refractivity contribution in [2.45, 2.75) is 19.4 Å². The van der Waals surface area contributed by atoms with E-state index in [0.717, 1.165) is 5.56 Å². The van der Waals surface area contributed by atoms with E-state index in [1.807, 2.05) is 18.2 Å². The molecule has 0 fully saturated rings. The van der Waals surface area contributed by atoms with Gasteiger partial charge in [0.15, 0.2) is 11.9 Å². The van der Waals surface area contributed by atoms with E-state index in [2.05, 4.69) is 10.9 Å². The third kappa shape index (κ3) is 5.31. The van der Waals surface area contributed by atoms with Crippen LogP contribution in [-0.4, -0.2) is 22.8 Å². The molecule has 0 aromatic heterocycles. The highest BCUT2D eigenvalue weighted by atomic mass is 16.6. The predicted octanol–water partition coefficient (Wildman–Crippen LogP) is 1.75. The zero-order valence-electron chi connectivity index (χ0n) is 13.5. The number of hydrogen-bond donors (Lipinski definition) is 2. The quantitative estimate of drug-likeness (QED) is 0.613. The Labute approximate surface area is 143 Å². The van der Waals surface area contributed by atoms with Crippen LogP contribution in [0.4, 0.5) is 5.69 Å². The smallest absolute Gasteiger partial charge is 0.310 e. The summed E-state index contributed by atoms with van der Waals surface area (Å²) in [5.41, 5.74) is 5.08. The normalized spacial score (nSPS) is 11.2. The Hall–Kier alpha value is -3.42. The van der Waals surface area contributed by atoms with E-state index in [1.165, 1.54) is 25.1 Å². The molecule has 0 radical (unpaired) electrons. The molecule has 25 heavy (non-hydrogen) atoms. The molecular formula is C17H17N3O5. The number of carbonyl (C=O) groups excluding carboxylic acids is 2. The van der Waals surface area contributed by atoms with Crippen LogP contribution in [0.25, 0.3) is 0 Å². The maximum absolute atomic E-state index is 12.0. The fourth-order valence-corrected chi connectivity index (χ4v) is 2.01. The van der Waals surface area contributed by atoms with Gasteiger partial charge in [-0.1, -0.05) is 42.5 Å². The average molecular weight is 343 g/mol. The standard InChI is InChI=1S/C17H17N3O5/c1-12(25-15-10-6-5-9-14(15)20(23)24)17(22)19-18-16(21)11-13-7-3-2-4-8-13/h2-10,12H,11H2,1H3,(H,18,21)(H,19,22). The molecule has 0 heterocycles. The van der Waals surface area contributed by atoms with Crippen molar-refractivity contribution >= 4 is 17.5 Å². The van der Waals surface area contributed by atoms with Gasteiger partial charge in [0, 0.05) is 6.07 Å². The highest BCUT2D eigenvalue weighted by Crippen LogP contribution is 2.26. The number of para-hydroxylation sites is 2. The first kappa shape index (κ1) is 17.9. The number of hydrogen-bond acceptors (Lipinski definition) is 5. The summed E-state index contributed by atoms with van der Waals surface area (Å²) in [6, 6.07) is 14.8. The van der Waals surface area contributed by atoms with Crippen molar-refractivity contribution < 1.29 is 19.2 Å². The number of rotatable bonds is 6. The maximum atomic E-state index is 12.0. The van der Waals surface area contributed by atoms with Crippen LogP contribution in [-0.2, 0) is 16.0 Å². The molecule has 2 aromatic carbocycles. The number of nitro benzene ring substituents is 1. The molecule has 0 aliphatic heterocycles. The van der Waals surface area contributed by atoms with Crippen molar-refractivity contribution in [1.82, 2.24) is 10.9 Å². The lowest BCUT2D eigenvalue weighted by atomic mass is 10.1. The van der Waals surface area contributed by atoms with E-state index in [9.17, 15) is 19.7 Å². The van der Waals surface area contributed by atoms with Crippen LogP contribution in [0, 0.1) is 10.1 Å². The van der Waals surface area contributed by atoms with Gasteiger partial charge in [-0.15, -0.1) is 0 Å². The number of nitrogens with zero attached hydrogens (tertiary/aromatic N) is 1. The largest absolute Gasteiger partial charge is 0.474 e. The molecule has 2 aromatic rings. The fourth-order valence-electron chi connectivity index (χ4n) is 2.01. The molecule has 0 aliphatic rings. The van der Waals surface area contributed by atoms with Gasteiger partial charge in [0.2, 0.25) is 5.91 Å². The SMILES string of the molecule is CC(Oc1ccccc1[N+](=O)[O-])C(=O)NNC(=O)Cc1ccccc1. The molecule has 2 amide bonds. The van der Waals surface area contributed by atoms with Gasteiger partial charge in [-0.3, -0.25) is 30.6 Å². The second-order valence-corrected chi connectivity index (χ2v) is 5.18. The molecule has 8 nitrogen and oxygen atoms in total. The summed E-state index contributed by atoms with van der Waals surface area (Å²) >= 11 is 0. The second kappa shape index (κ2) is 8.44. The van der Waals surface area contributed by atoms with Crippen molar-refractivity contribution in [1.29, 1.82) is 0 Å². The Morgan fingerprint density at radius 1 is 1.08 bits per heavy atom. The topological polar surface area (TPSA) is 111 Å². The summed E-state index contributed by atoms with van der Waals surface area (Å²) in [7, 11) is 0. The number of benzene rings is 2. The summed E-state index contributed by atoms with van der Waals surface area (Å²) in [6.45, 7) is 1.43. The monoisotopic (exact) mass is 343 g/mol. The highest BCUT2D eigenvalue weighted by molar-refractivity contribution is 5.85. The maximum Gasteiger partial charge on any atom is 0.310 e. The number of nitrogens with one attached hydrogen (secondary N) is 2. The lowest BCUT2D eigenvalue weighted by molar-refractivity contribution is -0.386. The Morgan fingerprint density at radius 2 is 1.72 bits per heavy atom. The average Bonchev–Trinajstić information content (AvgIpc) is 2.60. The van der Waals surface area contributed by atoms with Gasteiger partial charge in [0.1, 0.15) is 0 Å². The number of hydrazine groups is 1. The minimum Gasteiger partial charge on any atom is -0.474 e. The van der Waals surface area contributed by atoms with Gasteiger partial charge in [-0.2, -0.15) is 0 Å². The Morgan fingerprint density at radius 3 is 2.40 bits per heavy atom. The fraction of sp³-hybridized carbons (Fsp3) is 0.176. The third-order valence-corrected chi connectivity index (χ3v) is 3.27. The van der Waals surface area contributed by atoms with Crippen molar-refractivity contribution in [3.63, 3.8) is 0 Å². The number of carbonyl (C=O) groups is 2. The van der Waals surface area contributed by atoms with Crippen LogP contribution in [0.2, 0.25) is 0 Å². The third-order valence-electron chi connectivity index (χ3n) is 3.27. The van der Waals surface area contributed by atoms with E-state index in [4.69, 9.17) is 4.74 Å². The summed E-state index contributed by atoms with van der Waals surface area (Å²) in [6.07, 6.45) is -0.918. The van der Waals surface area contributed by atoms with E-state index in [-0.39, 0.29) is 17.9 Å². The van der Waals surface area contributed by atoms with Crippen LogP contribution in [0.1, 0.15) is 12.5 Å². The first-order chi connectivity index (χ1) is 12.0. The zero-order valence-corrected chi connectivity index (χ0v) is 13.5. The molecule has 130 valence electrons. The first-order valence-electron chi connectivity index (χ1n) is 7.50. The van der Waals surface area contributed by atoms with Gasteiger partial charge >= 0.3 is 5.69 Å². The van der Waals surface area contributed by atoms with E-state index in [1.54, 1.807) is 18.2 Å². The summed E-state index contributed by atoms with van der Waals surface area (Å²) in [5, 5.41) is 10.9. The van der Waals surface area contributed by atoms with E-state index < -0.39 is 22.8 Å².